The maximum atomic E-state index is 12.7. The highest BCUT2D eigenvalue weighted by molar-refractivity contribution is 5.78. The fourth-order valence-electron chi connectivity index (χ4n) is 4.07. The number of amides is 1. The van der Waals surface area contributed by atoms with E-state index in [1.165, 1.54) is 30.4 Å². The van der Waals surface area contributed by atoms with Crippen molar-refractivity contribution in [2.45, 2.75) is 57.4 Å². The molecule has 25 heavy (non-hydrogen) atoms. The molecule has 2 aliphatic rings. The van der Waals surface area contributed by atoms with Crippen LogP contribution in [0, 0.1) is 0 Å². The number of benzene rings is 1. The summed E-state index contributed by atoms with van der Waals surface area (Å²) in [6.45, 7) is 3.28. The number of carbonyl (C=O) groups is 1. The third-order valence-electron chi connectivity index (χ3n) is 5.74. The van der Waals surface area contributed by atoms with Gasteiger partial charge in [0.15, 0.2) is 0 Å². The number of hydrogen-bond acceptors (Lipinski definition) is 2. The molecule has 136 valence electrons. The summed E-state index contributed by atoms with van der Waals surface area (Å²) in [5.41, 5.74) is 2.76. The third-order valence-corrected chi connectivity index (χ3v) is 5.74. The summed E-state index contributed by atoms with van der Waals surface area (Å²) < 4.78 is 0. The summed E-state index contributed by atoms with van der Waals surface area (Å²) in [6, 6.07) is 11.1. The number of likely N-dealkylation sites (tertiary alicyclic amines) is 1. The van der Waals surface area contributed by atoms with E-state index in [1.54, 1.807) is 0 Å². The third kappa shape index (κ3) is 5.43. The van der Waals surface area contributed by atoms with Crippen molar-refractivity contribution in [3.8, 4) is 0 Å². The lowest BCUT2D eigenvalue weighted by molar-refractivity contribution is -0.132. The Labute approximate surface area is 152 Å². The van der Waals surface area contributed by atoms with Crippen LogP contribution in [-0.2, 0) is 11.2 Å². The average Bonchev–Trinajstić information content (AvgIpc) is 2.67. The Hall–Kier alpha value is -1.61. The molecule has 0 saturated carbocycles. The van der Waals surface area contributed by atoms with Gasteiger partial charge in [-0.2, -0.15) is 0 Å². The molecule has 1 heterocycles. The Morgan fingerprint density at radius 1 is 1.20 bits per heavy atom. The van der Waals surface area contributed by atoms with Crippen molar-refractivity contribution in [2.24, 2.45) is 0 Å². The van der Waals surface area contributed by atoms with E-state index in [9.17, 15) is 4.79 Å². The van der Waals surface area contributed by atoms with Crippen LogP contribution in [0.3, 0.4) is 0 Å². The molecular weight excluding hydrogens is 308 g/mol. The van der Waals surface area contributed by atoms with Crippen molar-refractivity contribution in [1.82, 2.24) is 9.80 Å². The Kier molecular flexibility index (Phi) is 6.69. The summed E-state index contributed by atoms with van der Waals surface area (Å²) in [5, 5.41) is 0. The van der Waals surface area contributed by atoms with Crippen LogP contribution < -0.4 is 0 Å². The molecule has 0 aromatic heterocycles. The largest absolute Gasteiger partial charge is 0.341 e. The molecule has 1 atom stereocenters. The van der Waals surface area contributed by atoms with Crippen LogP contribution >= 0.6 is 0 Å². The molecule has 1 aliphatic heterocycles. The predicted octanol–water partition coefficient (Wildman–Crippen LogP) is 4.04. The molecule has 3 rings (SSSR count). The van der Waals surface area contributed by atoms with Gasteiger partial charge in [0, 0.05) is 32.6 Å². The van der Waals surface area contributed by atoms with Crippen LogP contribution in [0.5, 0.6) is 0 Å². The van der Waals surface area contributed by atoms with E-state index in [4.69, 9.17) is 0 Å². The number of piperidine rings is 1. The number of allylic oxidation sites excluding steroid dienone is 1. The molecule has 1 aromatic rings. The van der Waals surface area contributed by atoms with Crippen LogP contribution in [0.15, 0.2) is 42.0 Å². The van der Waals surface area contributed by atoms with Gasteiger partial charge < -0.3 is 9.80 Å². The van der Waals surface area contributed by atoms with Crippen molar-refractivity contribution in [2.75, 3.05) is 26.7 Å². The van der Waals surface area contributed by atoms with E-state index < -0.39 is 0 Å². The monoisotopic (exact) mass is 340 g/mol. The molecule has 0 N–H and O–H groups in total. The van der Waals surface area contributed by atoms with Crippen LogP contribution in [0.4, 0.5) is 0 Å². The Balaban J connectivity index is 1.48. The van der Waals surface area contributed by atoms with Gasteiger partial charge in [0.05, 0.1) is 0 Å². The van der Waals surface area contributed by atoms with Gasteiger partial charge in [0.25, 0.3) is 0 Å². The zero-order chi connectivity index (χ0) is 17.5. The van der Waals surface area contributed by atoms with Crippen LogP contribution in [0.1, 0.15) is 50.5 Å². The van der Waals surface area contributed by atoms with Crippen LogP contribution in [0.2, 0.25) is 0 Å². The topological polar surface area (TPSA) is 23.6 Å². The van der Waals surface area contributed by atoms with Gasteiger partial charge in [0.1, 0.15) is 0 Å². The molecule has 3 heteroatoms. The molecule has 0 radical (unpaired) electrons. The second-order valence-electron chi connectivity index (χ2n) is 7.62. The Bertz CT molecular complexity index is 581. The Morgan fingerprint density at radius 2 is 2.04 bits per heavy atom. The molecule has 1 amide bonds. The lowest BCUT2D eigenvalue weighted by Gasteiger charge is -2.38. The number of nitrogens with zero attached hydrogens (tertiary/aromatic N) is 2. The molecule has 0 bridgehead atoms. The Morgan fingerprint density at radius 3 is 2.80 bits per heavy atom. The highest BCUT2D eigenvalue weighted by Gasteiger charge is 2.26. The minimum atomic E-state index is 0.308. The summed E-state index contributed by atoms with van der Waals surface area (Å²) in [5.74, 6) is 0.308. The van der Waals surface area contributed by atoms with Crippen LogP contribution in [-0.4, -0.2) is 48.4 Å². The molecule has 1 saturated heterocycles. The summed E-state index contributed by atoms with van der Waals surface area (Å²) in [6.07, 6.45) is 11.2. The van der Waals surface area contributed by atoms with Crippen molar-refractivity contribution in [1.29, 1.82) is 0 Å². The fourth-order valence-corrected chi connectivity index (χ4v) is 4.07. The van der Waals surface area contributed by atoms with Gasteiger partial charge in [-0.15, -0.1) is 0 Å². The maximum Gasteiger partial charge on any atom is 0.226 e. The van der Waals surface area contributed by atoms with Gasteiger partial charge in [0.2, 0.25) is 5.91 Å². The first-order valence-corrected chi connectivity index (χ1v) is 9.92. The standard InChI is InChI=1S/C22H32N2O/c1-23(22(25)17-20-11-6-3-7-12-20)21-13-8-15-24(18-21)16-14-19-9-4-2-5-10-19/h2,4-5,9-11,21H,3,6-8,12-18H2,1H3/t21-/m0/s1. The van der Waals surface area contributed by atoms with E-state index in [-0.39, 0.29) is 0 Å². The van der Waals surface area contributed by atoms with Crippen molar-refractivity contribution in [3.63, 3.8) is 0 Å². The zero-order valence-electron chi connectivity index (χ0n) is 15.6. The molecule has 0 spiro atoms. The van der Waals surface area contributed by atoms with Gasteiger partial charge >= 0.3 is 0 Å². The number of likely N-dealkylation sites (N-methyl/N-ethyl adjacent to an activating group) is 1. The lowest BCUT2D eigenvalue weighted by atomic mass is 9.96. The van der Waals surface area contributed by atoms with Gasteiger partial charge in [-0.1, -0.05) is 42.0 Å². The zero-order valence-corrected chi connectivity index (χ0v) is 15.6. The summed E-state index contributed by atoms with van der Waals surface area (Å²) in [7, 11) is 2.01. The maximum absolute atomic E-state index is 12.7. The first-order chi connectivity index (χ1) is 12.2. The van der Waals surface area contributed by atoms with E-state index in [0.717, 1.165) is 45.3 Å². The van der Waals surface area contributed by atoms with E-state index in [1.807, 2.05) is 11.9 Å². The van der Waals surface area contributed by atoms with E-state index in [2.05, 4.69) is 41.3 Å². The molecule has 0 unspecified atom stereocenters. The van der Waals surface area contributed by atoms with E-state index in [0.29, 0.717) is 18.4 Å². The quantitative estimate of drug-likeness (QED) is 0.730. The minimum absolute atomic E-state index is 0.308. The summed E-state index contributed by atoms with van der Waals surface area (Å²) in [4.78, 5) is 17.2. The van der Waals surface area contributed by atoms with Gasteiger partial charge in [-0.25, -0.2) is 0 Å². The SMILES string of the molecule is CN(C(=O)CC1=CCCCC1)[C@H]1CCCN(CCc2ccccc2)C1. The fraction of sp³-hybridized carbons (Fsp3) is 0.591. The number of hydrogen-bond donors (Lipinski definition) is 0. The highest BCUT2D eigenvalue weighted by atomic mass is 16.2. The second-order valence-corrected chi connectivity index (χ2v) is 7.62. The van der Waals surface area contributed by atoms with Crippen molar-refractivity contribution in [3.05, 3.63) is 47.5 Å². The molecule has 1 fully saturated rings. The average molecular weight is 341 g/mol. The highest BCUT2D eigenvalue weighted by Crippen LogP contribution is 2.22. The smallest absolute Gasteiger partial charge is 0.226 e. The molecule has 1 aromatic carbocycles. The summed E-state index contributed by atoms with van der Waals surface area (Å²) >= 11 is 0. The number of carbonyl (C=O) groups excluding carboxylic acids is 1. The van der Waals surface area contributed by atoms with Gasteiger partial charge in [-0.3, -0.25) is 4.79 Å². The molecule has 1 aliphatic carbocycles. The van der Waals surface area contributed by atoms with Crippen molar-refractivity contribution < 1.29 is 4.79 Å². The van der Waals surface area contributed by atoms with Gasteiger partial charge in [-0.05, 0) is 57.1 Å². The lowest BCUT2D eigenvalue weighted by Crippen LogP contribution is -2.49. The van der Waals surface area contributed by atoms with E-state index >= 15 is 0 Å². The first kappa shape index (κ1) is 18.2. The predicted molar refractivity (Wildman–Crippen MR) is 104 cm³/mol. The normalized spacial score (nSPS) is 21.6. The van der Waals surface area contributed by atoms with Crippen LogP contribution in [0.25, 0.3) is 0 Å². The first-order valence-electron chi connectivity index (χ1n) is 9.92. The molecular formula is C22H32N2O. The number of rotatable bonds is 6. The second kappa shape index (κ2) is 9.19. The van der Waals surface area contributed by atoms with Crippen molar-refractivity contribution >= 4 is 5.91 Å². The minimum Gasteiger partial charge on any atom is -0.341 e. The molecule has 3 nitrogen and oxygen atoms in total.